The minimum absolute atomic E-state index is 0.0358. The SMILES string of the molecule is CC/C=C/C/C=C/CCCCCCCCCC(=O)NC(COP(=O)(O)OCC[N+](C)(C)C)C(/C=C/CCCCCCCCCCC)OC(=O)CCCCCCCCC/C=C\C/C=C\CCCCC. The molecule has 0 aliphatic carbocycles. The van der Waals surface area contributed by atoms with E-state index < -0.39 is 20.0 Å². The van der Waals surface area contributed by atoms with E-state index in [0.29, 0.717) is 17.4 Å². The van der Waals surface area contributed by atoms with E-state index in [1.165, 1.54) is 109 Å². The number of amides is 1. The molecule has 0 aliphatic heterocycles. The predicted molar refractivity (Wildman–Crippen MR) is 291 cm³/mol. The number of rotatable bonds is 50. The number of hydrogen-bond acceptors (Lipinski definition) is 6. The Bertz CT molecular complexity index is 1350. The second-order valence-corrected chi connectivity index (χ2v) is 21.5. The first-order valence-electron chi connectivity index (χ1n) is 28.1. The molecule has 0 fully saturated rings. The minimum Gasteiger partial charge on any atom is -0.456 e. The Kier molecular flexibility index (Phi) is 46.7. The van der Waals surface area contributed by atoms with Crippen molar-refractivity contribution in [3.05, 3.63) is 60.8 Å². The number of phosphoric acid groups is 1. The number of unbranched alkanes of at least 4 members (excludes halogenated alkanes) is 26. The third-order valence-corrected chi connectivity index (χ3v) is 13.2. The molecule has 3 unspecified atom stereocenters. The Labute approximate surface area is 420 Å². The fraction of sp³-hybridized carbons (Fsp3) is 0.793. The van der Waals surface area contributed by atoms with Gasteiger partial charge in [-0.15, -0.1) is 0 Å². The van der Waals surface area contributed by atoms with Crippen LogP contribution in [0.25, 0.3) is 0 Å². The van der Waals surface area contributed by atoms with E-state index >= 15 is 0 Å². The number of phosphoric ester groups is 1. The summed E-state index contributed by atoms with van der Waals surface area (Å²) in [5.74, 6) is -0.524. The van der Waals surface area contributed by atoms with Gasteiger partial charge >= 0.3 is 13.8 Å². The molecule has 9 nitrogen and oxygen atoms in total. The zero-order chi connectivity index (χ0) is 50.1. The van der Waals surface area contributed by atoms with Crippen molar-refractivity contribution in [3.8, 4) is 0 Å². The van der Waals surface area contributed by atoms with Crippen LogP contribution in [0.15, 0.2) is 60.8 Å². The summed E-state index contributed by atoms with van der Waals surface area (Å²) in [5, 5.41) is 3.04. The molecule has 0 saturated carbocycles. The number of carbonyl (C=O) groups excluding carboxylic acids is 2. The van der Waals surface area contributed by atoms with E-state index in [0.717, 1.165) is 103 Å². The molecular formula is C58H108N2O7P+. The van der Waals surface area contributed by atoms with Crippen LogP contribution in [0, 0.1) is 0 Å². The van der Waals surface area contributed by atoms with Gasteiger partial charge in [-0.25, -0.2) is 4.57 Å². The normalized spacial score (nSPS) is 14.3. The first-order chi connectivity index (χ1) is 32.9. The maximum atomic E-state index is 13.5. The van der Waals surface area contributed by atoms with Crippen molar-refractivity contribution in [3.63, 3.8) is 0 Å². The molecule has 0 radical (unpaired) electrons. The number of hydrogen-bond donors (Lipinski definition) is 2. The molecule has 0 aromatic heterocycles. The molecule has 0 saturated heterocycles. The van der Waals surface area contributed by atoms with Gasteiger partial charge in [-0.3, -0.25) is 18.6 Å². The highest BCUT2D eigenvalue weighted by Gasteiger charge is 2.30. The van der Waals surface area contributed by atoms with Gasteiger partial charge in [0.25, 0.3) is 0 Å². The van der Waals surface area contributed by atoms with Crippen molar-refractivity contribution in [2.45, 2.75) is 258 Å². The number of allylic oxidation sites excluding steroid dienone is 9. The van der Waals surface area contributed by atoms with Gasteiger partial charge in [0.1, 0.15) is 19.3 Å². The molecule has 68 heavy (non-hydrogen) atoms. The molecule has 1 amide bonds. The average Bonchev–Trinajstić information content (AvgIpc) is 3.29. The number of carbonyl (C=O) groups is 2. The van der Waals surface area contributed by atoms with Crippen LogP contribution in [0.1, 0.15) is 245 Å². The number of esters is 1. The van der Waals surface area contributed by atoms with Crippen LogP contribution in [0.4, 0.5) is 0 Å². The summed E-state index contributed by atoms with van der Waals surface area (Å²) >= 11 is 0. The summed E-state index contributed by atoms with van der Waals surface area (Å²) in [6.45, 7) is 6.86. The Balaban J connectivity index is 5.35. The molecule has 0 aromatic carbocycles. The van der Waals surface area contributed by atoms with Crippen molar-refractivity contribution >= 4 is 19.7 Å². The summed E-state index contributed by atoms with van der Waals surface area (Å²) < 4.78 is 30.6. The van der Waals surface area contributed by atoms with E-state index in [2.05, 4.69) is 74.7 Å². The van der Waals surface area contributed by atoms with Crippen molar-refractivity contribution in [1.29, 1.82) is 0 Å². The van der Waals surface area contributed by atoms with Gasteiger partial charge in [-0.2, -0.15) is 0 Å². The second kappa shape index (κ2) is 48.3. The Hall–Kier alpha value is -2.29. The summed E-state index contributed by atoms with van der Waals surface area (Å²) in [6, 6.07) is -0.855. The highest BCUT2D eigenvalue weighted by molar-refractivity contribution is 7.47. The molecule has 0 rings (SSSR count). The molecule has 3 atom stereocenters. The number of ether oxygens (including phenoxy) is 1. The highest BCUT2D eigenvalue weighted by atomic mass is 31.2. The van der Waals surface area contributed by atoms with Crippen molar-refractivity contribution in [2.75, 3.05) is 40.9 Å². The predicted octanol–water partition coefficient (Wildman–Crippen LogP) is 16.7. The third kappa shape index (κ3) is 48.7. The van der Waals surface area contributed by atoms with Crippen molar-refractivity contribution < 1.29 is 37.3 Å². The summed E-state index contributed by atoms with van der Waals surface area (Å²) in [5.41, 5.74) is 0. The molecule has 0 heterocycles. The van der Waals surface area contributed by atoms with Gasteiger partial charge in [-0.1, -0.05) is 204 Å². The summed E-state index contributed by atoms with van der Waals surface area (Å²) in [7, 11) is 1.48. The van der Waals surface area contributed by atoms with Gasteiger partial charge < -0.3 is 19.4 Å². The van der Waals surface area contributed by atoms with Gasteiger partial charge in [0, 0.05) is 12.8 Å². The molecule has 0 aliphatic rings. The van der Waals surface area contributed by atoms with Crippen molar-refractivity contribution in [2.24, 2.45) is 0 Å². The molecule has 0 aromatic rings. The molecule has 0 bridgehead atoms. The van der Waals surface area contributed by atoms with Crippen LogP contribution in [0.5, 0.6) is 0 Å². The van der Waals surface area contributed by atoms with E-state index in [-0.39, 0.29) is 31.5 Å². The number of quaternary nitrogens is 1. The van der Waals surface area contributed by atoms with Gasteiger partial charge in [-0.05, 0) is 89.5 Å². The van der Waals surface area contributed by atoms with Crippen LogP contribution >= 0.6 is 7.82 Å². The van der Waals surface area contributed by atoms with Crippen LogP contribution in [0.3, 0.4) is 0 Å². The second-order valence-electron chi connectivity index (χ2n) is 20.1. The maximum absolute atomic E-state index is 13.5. The lowest BCUT2D eigenvalue weighted by Gasteiger charge is -2.27. The van der Waals surface area contributed by atoms with Gasteiger partial charge in [0.2, 0.25) is 5.91 Å². The molecule has 0 spiro atoms. The van der Waals surface area contributed by atoms with Gasteiger partial charge in [0.05, 0.1) is 33.8 Å². The monoisotopic (exact) mass is 976 g/mol. The lowest BCUT2D eigenvalue weighted by molar-refractivity contribution is -0.870. The first kappa shape index (κ1) is 65.7. The molecule has 2 N–H and O–H groups in total. The number of nitrogens with one attached hydrogen (secondary N) is 1. The lowest BCUT2D eigenvalue weighted by Crippen LogP contribution is -2.47. The smallest absolute Gasteiger partial charge is 0.456 e. The Morgan fingerprint density at radius 2 is 0.941 bits per heavy atom. The van der Waals surface area contributed by atoms with Crippen LogP contribution in [-0.4, -0.2) is 74.3 Å². The topological polar surface area (TPSA) is 111 Å². The fourth-order valence-electron chi connectivity index (χ4n) is 7.83. The van der Waals surface area contributed by atoms with E-state index in [1.54, 1.807) is 0 Å². The minimum atomic E-state index is -4.45. The van der Waals surface area contributed by atoms with E-state index in [9.17, 15) is 19.0 Å². The highest BCUT2D eigenvalue weighted by Crippen LogP contribution is 2.43. The zero-order valence-corrected chi connectivity index (χ0v) is 46.0. The molecule has 10 heteroatoms. The third-order valence-electron chi connectivity index (χ3n) is 12.2. The Morgan fingerprint density at radius 3 is 1.43 bits per heavy atom. The van der Waals surface area contributed by atoms with E-state index in [4.69, 9.17) is 13.8 Å². The van der Waals surface area contributed by atoms with Crippen LogP contribution in [0.2, 0.25) is 0 Å². The Morgan fingerprint density at radius 1 is 0.529 bits per heavy atom. The van der Waals surface area contributed by atoms with E-state index in [1.807, 2.05) is 33.3 Å². The van der Waals surface area contributed by atoms with Gasteiger partial charge in [0.15, 0.2) is 0 Å². The summed E-state index contributed by atoms with van der Waals surface area (Å²) in [4.78, 5) is 37.5. The zero-order valence-electron chi connectivity index (χ0n) is 45.1. The largest absolute Gasteiger partial charge is 0.472 e. The van der Waals surface area contributed by atoms with Crippen LogP contribution < -0.4 is 5.32 Å². The number of likely N-dealkylation sites (N-methyl/N-ethyl adjacent to an activating group) is 1. The average molecular weight is 976 g/mol. The first-order valence-corrected chi connectivity index (χ1v) is 29.6. The fourth-order valence-corrected chi connectivity index (χ4v) is 8.57. The standard InChI is InChI=1S/C58H107N2O7P/c1-7-10-13-16-19-22-25-27-29-30-31-33-36-39-42-45-48-51-58(62)67-56(49-46-43-40-37-34-24-21-18-15-12-9-3)55(54-66-68(63,64)65-53-52-60(4,5)6)59-57(61)50-47-44-41-38-35-32-28-26-23-20-17-14-11-8-2/h11,14,19-20,22-23,27,29,46,49,55-56H,7-10,12-13,15-18,21,24-26,28,30-45,47-48,50-54H2,1-6H3,(H-,59,61,63,64)/p+1/b14-11+,22-19-,23-20+,29-27-,49-46+. The molecule has 396 valence electrons. The van der Waals surface area contributed by atoms with Crippen LogP contribution in [-0.2, 0) is 27.9 Å². The number of nitrogens with zero attached hydrogens (tertiary/aromatic N) is 1. The quantitative estimate of drug-likeness (QED) is 0.0205. The maximum Gasteiger partial charge on any atom is 0.472 e. The lowest BCUT2D eigenvalue weighted by atomic mass is 10.1. The van der Waals surface area contributed by atoms with Crippen molar-refractivity contribution in [1.82, 2.24) is 5.32 Å². The summed E-state index contributed by atoms with van der Waals surface area (Å²) in [6.07, 6.45) is 59.2. The molecular weight excluding hydrogens is 868 g/mol.